The number of hydrogen-bond donors (Lipinski definition) is 0. The normalized spacial score (nSPS) is 9.71. The van der Waals surface area contributed by atoms with E-state index in [1.165, 1.54) is 28.6 Å². The van der Waals surface area contributed by atoms with Gasteiger partial charge in [0.1, 0.15) is 11.6 Å². The van der Waals surface area contributed by atoms with Crippen molar-refractivity contribution >= 4 is 27.7 Å². The molecule has 1 rings (SSSR count). The lowest BCUT2D eigenvalue weighted by Gasteiger charge is -2.07. The van der Waals surface area contributed by atoms with E-state index in [2.05, 4.69) is 10.3 Å². The van der Waals surface area contributed by atoms with E-state index in [0.717, 1.165) is 5.03 Å². The third-order valence-electron chi connectivity index (χ3n) is 1.56. The van der Waals surface area contributed by atoms with Gasteiger partial charge < -0.3 is 4.74 Å². The Hall–Kier alpha value is -1.28. The van der Waals surface area contributed by atoms with Crippen molar-refractivity contribution in [3.05, 3.63) is 29.3 Å². The van der Waals surface area contributed by atoms with Crippen LogP contribution < -0.4 is 0 Å². The smallest absolute Gasteiger partial charge is 0.432 e. The van der Waals surface area contributed by atoms with Crippen molar-refractivity contribution in [3.63, 3.8) is 0 Å². The second kappa shape index (κ2) is 7.91. The van der Waals surface area contributed by atoms with E-state index in [9.17, 15) is 9.70 Å². The molecule has 0 bridgehead atoms. The predicted octanol–water partition coefficient (Wildman–Crippen LogP) is 2.57. The summed E-state index contributed by atoms with van der Waals surface area (Å²) >= 11 is 0. The van der Waals surface area contributed by atoms with Gasteiger partial charge in [-0.15, -0.1) is 4.91 Å². The van der Waals surface area contributed by atoms with Crippen LogP contribution in [0.2, 0.25) is 0 Å². The predicted molar refractivity (Wildman–Crippen MR) is 67.5 cm³/mol. The number of carbonyl (C=O) groups excluding carboxylic acids is 1. The maximum Gasteiger partial charge on any atom is 0.432 e. The Morgan fingerprint density at radius 3 is 3.06 bits per heavy atom. The first-order valence-corrected chi connectivity index (χ1v) is 7.00. The summed E-state index contributed by atoms with van der Waals surface area (Å²) in [7, 11) is 4.26. The van der Waals surface area contributed by atoms with Crippen LogP contribution in [0.5, 0.6) is 0 Å². The van der Waals surface area contributed by atoms with E-state index in [4.69, 9.17) is 4.74 Å². The first kappa shape index (κ1) is 13.8. The maximum absolute atomic E-state index is 11.0. The van der Waals surface area contributed by atoms with E-state index >= 15 is 0 Å². The second-order valence-corrected chi connectivity index (χ2v) is 5.23. The van der Waals surface area contributed by atoms with E-state index in [0.29, 0.717) is 10.8 Å². The second-order valence-electron chi connectivity index (χ2n) is 2.79. The van der Waals surface area contributed by atoms with E-state index < -0.39 is 6.09 Å². The first-order valence-electron chi connectivity index (χ1n) is 4.68. The molecular weight excluding hydrogens is 262 g/mol. The van der Waals surface area contributed by atoms with Crippen LogP contribution in [-0.4, -0.2) is 35.5 Å². The van der Waals surface area contributed by atoms with Crippen molar-refractivity contribution in [1.29, 1.82) is 0 Å². The Bertz CT molecular complexity index is 364. The summed E-state index contributed by atoms with van der Waals surface area (Å²) in [4.78, 5) is 25.1. The number of aromatic nitrogens is 1. The van der Waals surface area contributed by atoms with Crippen LogP contribution in [0.4, 0.5) is 4.79 Å². The highest BCUT2D eigenvalue weighted by Gasteiger charge is 2.08. The van der Waals surface area contributed by atoms with Gasteiger partial charge in [0.15, 0.2) is 0 Å². The molecule has 1 aromatic rings. The van der Waals surface area contributed by atoms with Gasteiger partial charge in [0, 0.05) is 19.0 Å². The molecule has 0 saturated heterocycles. The molecule has 0 aliphatic carbocycles. The molecule has 1 heterocycles. The Morgan fingerprint density at radius 1 is 1.59 bits per heavy atom. The number of nitroso groups, excluding NO2 is 1. The lowest BCUT2D eigenvalue weighted by molar-refractivity contribution is 0.118. The zero-order valence-corrected chi connectivity index (χ0v) is 10.7. The van der Waals surface area contributed by atoms with Crippen LogP contribution in [-0.2, 0) is 4.74 Å². The summed E-state index contributed by atoms with van der Waals surface area (Å²) in [5.41, 5.74) is 0. The number of carbonyl (C=O) groups is 1. The van der Waals surface area contributed by atoms with Crippen LogP contribution in [0.1, 0.15) is 0 Å². The minimum Gasteiger partial charge on any atom is -0.447 e. The number of pyridine rings is 1. The molecule has 0 aliphatic heterocycles. The van der Waals surface area contributed by atoms with Crippen LogP contribution in [0, 0.1) is 4.91 Å². The van der Waals surface area contributed by atoms with Crippen molar-refractivity contribution in [2.45, 2.75) is 5.03 Å². The quantitative estimate of drug-likeness (QED) is 0.343. The molecule has 1 aromatic heterocycles. The highest BCUT2D eigenvalue weighted by atomic mass is 33.1. The minimum absolute atomic E-state index is 0.225. The third kappa shape index (κ3) is 5.55. The highest BCUT2D eigenvalue weighted by molar-refractivity contribution is 8.76. The Morgan fingerprint density at radius 2 is 2.41 bits per heavy atom. The number of ether oxygens (including phenoxy) is 1. The van der Waals surface area contributed by atoms with Crippen molar-refractivity contribution in [3.8, 4) is 0 Å². The van der Waals surface area contributed by atoms with Gasteiger partial charge in [0.2, 0.25) is 0 Å². The fourth-order valence-corrected chi connectivity index (χ4v) is 2.49. The number of nitrogens with zero attached hydrogens (tertiary/aromatic N) is 3. The zero-order chi connectivity index (χ0) is 12.5. The minimum atomic E-state index is -0.747. The molecule has 0 atom stereocenters. The molecule has 92 valence electrons. The summed E-state index contributed by atoms with van der Waals surface area (Å²) in [6, 6.07) is 5.65. The molecule has 0 fully saturated rings. The third-order valence-corrected chi connectivity index (χ3v) is 3.79. The molecule has 0 aromatic carbocycles. The van der Waals surface area contributed by atoms with Gasteiger partial charge in [-0.3, -0.25) is 0 Å². The van der Waals surface area contributed by atoms with Gasteiger partial charge in [0.05, 0.1) is 5.29 Å². The van der Waals surface area contributed by atoms with Crippen LogP contribution >= 0.6 is 21.6 Å². The first-order chi connectivity index (χ1) is 8.24. The fraction of sp³-hybridized carbons (Fsp3) is 0.333. The molecule has 1 amide bonds. The van der Waals surface area contributed by atoms with Gasteiger partial charge in [-0.1, -0.05) is 16.9 Å². The Kier molecular flexibility index (Phi) is 6.41. The average molecular weight is 273 g/mol. The fourth-order valence-electron chi connectivity index (χ4n) is 0.788. The van der Waals surface area contributed by atoms with E-state index in [1.54, 1.807) is 6.20 Å². The number of amides is 1. The van der Waals surface area contributed by atoms with Crippen molar-refractivity contribution in [2.24, 2.45) is 5.29 Å². The standard InChI is InChI=1S/C9H11N3O3S2/c1-12(11-14)9(13)15-6-7-16-17-8-4-2-3-5-10-8/h2-5H,6-7H2,1H3. The molecule has 17 heavy (non-hydrogen) atoms. The topological polar surface area (TPSA) is 71.9 Å². The summed E-state index contributed by atoms with van der Waals surface area (Å²) in [6.45, 7) is 0.225. The van der Waals surface area contributed by atoms with Gasteiger partial charge in [-0.25, -0.2) is 9.78 Å². The highest BCUT2D eigenvalue weighted by Crippen LogP contribution is 2.28. The lowest BCUT2D eigenvalue weighted by atomic mass is 10.5. The molecule has 0 radical (unpaired) electrons. The van der Waals surface area contributed by atoms with Gasteiger partial charge in [-0.2, -0.15) is 5.01 Å². The van der Waals surface area contributed by atoms with Gasteiger partial charge in [-0.05, 0) is 22.9 Å². The molecule has 0 spiro atoms. The SMILES string of the molecule is CN(N=O)C(=O)OCCSSc1ccccn1. The average Bonchev–Trinajstić information content (AvgIpc) is 2.38. The molecule has 0 unspecified atom stereocenters. The van der Waals surface area contributed by atoms with Gasteiger partial charge in [0.25, 0.3) is 0 Å². The molecule has 0 saturated carbocycles. The van der Waals surface area contributed by atoms with E-state index in [-0.39, 0.29) is 6.61 Å². The molecule has 8 heteroatoms. The lowest BCUT2D eigenvalue weighted by Crippen LogP contribution is -2.22. The zero-order valence-electron chi connectivity index (χ0n) is 9.11. The monoisotopic (exact) mass is 273 g/mol. The molecule has 0 N–H and O–H groups in total. The van der Waals surface area contributed by atoms with Crippen molar-refractivity contribution < 1.29 is 9.53 Å². The summed E-state index contributed by atoms with van der Waals surface area (Å²) in [5, 5.41) is 3.93. The largest absolute Gasteiger partial charge is 0.447 e. The summed E-state index contributed by atoms with van der Waals surface area (Å²) in [5.74, 6) is 0.611. The van der Waals surface area contributed by atoms with Crippen molar-refractivity contribution in [2.75, 3.05) is 19.4 Å². The van der Waals surface area contributed by atoms with Crippen LogP contribution in [0.25, 0.3) is 0 Å². The molecule has 0 aliphatic rings. The number of rotatable bonds is 6. The molecule has 6 nitrogen and oxygen atoms in total. The Balaban J connectivity index is 2.09. The number of hydrogen-bond acceptors (Lipinski definition) is 7. The summed E-state index contributed by atoms with van der Waals surface area (Å²) in [6.07, 6.45) is 0.969. The van der Waals surface area contributed by atoms with Crippen molar-refractivity contribution in [1.82, 2.24) is 9.99 Å². The Labute approximate surface area is 106 Å². The maximum atomic E-state index is 11.0. The van der Waals surface area contributed by atoms with Gasteiger partial charge >= 0.3 is 6.09 Å². The van der Waals surface area contributed by atoms with Crippen LogP contribution in [0.3, 0.4) is 0 Å². The van der Waals surface area contributed by atoms with Crippen LogP contribution in [0.15, 0.2) is 34.7 Å². The summed E-state index contributed by atoms with van der Waals surface area (Å²) < 4.78 is 4.77. The molecular formula is C9H11N3O3S2. The van der Waals surface area contributed by atoms with E-state index in [1.807, 2.05) is 18.2 Å².